The molecule has 3 rings (SSSR count). The van der Waals surface area contributed by atoms with Gasteiger partial charge in [-0.05, 0) is 31.4 Å². The van der Waals surface area contributed by atoms with Crippen LogP contribution >= 0.6 is 0 Å². The average Bonchev–Trinajstić information content (AvgIpc) is 3.08. The molecule has 0 spiro atoms. The molecule has 0 bridgehead atoms. The van der Waals surface area contributed by atoms with Crippen LogP contribution in [-0.4, -0.2) is 54.2 Å². The van der Waals surface area contributed by atoms with Crippen molar-refractivity contribution >= 4 is 5.91 Å². The first-order valence-corrected chi connectivity index (χ1v) is 7.46. The van der Waals surface area contributed by atoms with E-state index in [0.29, 0.717) is 31.7 Å². The lowest BCUT2D eigenvalue weighted by Gasteiger charge is -2.39. The lowest BCUT2D eigenvalue weighted by atomic mass is 9.92. The van der Waals surface area contributed by atoms with Crippen LogP contribution < -0.4 is 0 Å². The molecular weight excluding hydrogens is 282 g/mol. The van der Waals surface area contributed by atoms with Gasteiger partial charge >= 0.3 is 0 Å². The van der Waals surface area contributed by atoms with E-state index in [2.05, 4.69) is 10.3 Å². The van der Waals surface area contributed by atoms with Crippen LogP contribution in [0, 0.1) is 6.92 Å². The van der Waals surface area contributed by atoms with E-state index in [9.17, 15) is 9.90 Å². The van der Waals surface area contributed by atoms with Crippen molar-refractivity contribution in [3.05, 3.63) is 35.9 Å². The Hall–Kier alpha value is -2.15. The van der Waals surface area contributed by atoms with Gasteiger partial charge in [0, 0.05) is 26.0 Å². The molecule has 22 heavy (non-hydrogen) atoms. The number of rotatable bonds is 3. The van der Waals surface area contributed by atoms with Crippen molar-refractivity contribution in [2.24, 2.45) is 7.05 Å². The second-order valence-corrected chi connectivity index (χ2v) is 6.11. The van der Waals surface area contributed by atoms with Crippen molar-refractivity contribution in [1.29, 1.82) is 0 Å². The normalized spacial score (nSPS) is 22.0. The Morgan fingerprint density at radius 2 is 2.27 bits per heavy atom. The fraction of sp³-hybridized carbons (Fsp3) is 0.533. The highest BCUT2D eigenvalue weighted by atomic mass is 16.3. The van der Waals surface area contributed by atoms with Crippen molar-refractivity contribution in [2.75, 3.05) is 13.1 Å². The second-order valence-electron chi connectivity index (χ2n) is 6.11. The van der Waals surface area contributed by atoms with Crippen LogP contribution in [0.2, 0.25) is 0 Å². The third-order valence-electron chi connectivity index (χ3n) is 4.25. The maximum Gasteiger partial charge on any atom is 0.270 e. The minimum absolute atomic E-state index is 0.0262. The van der Waals surface area contributed by atoms with Crippen molar-refractivity contribution in [3.63, 3.8) is 0 Å². The molecule has 0 radical (unpaired) electrons. The van der Waals surface area contributed by atoms with Gasteiger partial charge < -0.3 is 14.6 Å². The van der Waals surface area contributed by atoms with Crippen LogP contribution in [-0.2, 0) is 13.6 Å². The number of carbonyl (C=O) groups excluding carboxylic acids is 1. The summed E-state index contributed by atoms with van der Waals surface area (Å²) < 4.78 is 3.45. The number of piperidine rings is 1. The Morgan fingerprint density at radius 1 is 1.45 bits per heavy atom. The number of hydrogen-bond acceptors (Lipinski definition) is 4. The summed E-state index contributed by atoms with van der Waals surface area (Å²) in [7, 11) is 1.87. The second kappa shape index (κ2) is 5.57. The predicted octanol–water partition coefficient (Wildman–Crippen LogP) is 0.592. The van der Waals surface area contributed by atoms with Crippen molar-refractivity contribution < 1.29 is 9.90 Å². The van der Waals surface area contributed by atoms with Crippen LogP contribution in [0.15, 0.2) is 24.7 Å². The third kappa shape index (κ3) is 2.76. The molecule has 0 aliphatic carbocycles. The summed E-state index contributed by atoms with van der Waals surface area (Å²) in [5.41, 5.74) is 0.684. The fourth-order valence-corrected chi connectivity index (χ4v) is 3.16. The van der Waals surface area contributed by atoms with E-state index < -0.39 is 5.60 Å². The highest BCUT2D eigenvalue weighted by Gasteiger charge is 2.36. The van der Waals surface area contributed by atoms with Gasteiger partial charge in [0.15, 0.2) is 0 Å². The largest absolute Gasteiger partial charge is 0.386 e. The SMILES string of the molecule is Cc1ccn(C)c1C(=O)N1CCCC(O)(Cn2ccnn2)C1. The van der Waals surface area contributed by atoms with Gasteiger partial charge in [-0.15, -0.1) is 5.10 Å². The Balaban J connectivity index is 1.76. The quantitative estimate of drug-likeness (QED) is 0.900. The molecule has 2 aromatic heterocycles. The van der Waals surface area contributed by atoms with E-state index in [1.807, 2.05) is 30.8 Å². The molecule has 1 fully saturated rings. The average molecular weight is 303 g/mol. The van der Waals surface area contributed by atoms with Gasteiger partial charge in [0.2, 0.25) is 0 Å². The van der Waals surface area contributed by atoms with E-state index in [1.54, 1.807) is 22.0 Å². The van der Waals surface area contributed by atoms with Gasteiger partial charge in [-0.3, -0.25) is 4.79 Å². The first kappa shape index (κ1) is 14.8. The van der Waals surface area contributed by atoms with E-state index in [1.165, 1.54) is 0 Å². The zero-order valence-electron chi connectivity index (χ0n) is 12.9. The van der Waals surface area contributed by atoms with Gasteiger partial charge in [0.05, 0.1) is 19.3 Å². The molecule has 1 unspecified atom stereocenters. The van der Waals surface area contributed by atoms with Crippen LogP contribution in [0.4, 0.5) is 0 Å². The number of nitrogens with zero attached hydrogens (tertiary/aromatic N) is 5. The third-order valence-corrected chi connectivity index (χ3v) is 4.25. The lowest BCUT2D eigenvalue weighted by Crippen LogP contribution is -2.52. The van der Waals surface area contributed by atoms with Gasteiger partial charge in [-0.1, -0.05) is 5.21 Å². The molecule has 7 heteroatoms. The minimum atomic E-state index is -0.958. The number of aryl methyl sites for hydroxylation is 2. The smallest absolute Gasteiger partial charge is 0.270 e. The standard InChI is InChI=1S/C15H21N5O2/c1-12-4-8-18(2)13(12)14(21)19-7-3-5-15(22,10-19)11-20-9-6-16-17-20/h4,6,8-9,22H,3,5,7,10-11H2,1-2H3. The summed E-state index contributed by atoms with van der Waals surface area (Å²) in [4.78, 5) is 14.5. The van der Waals surface area contributed by atoms with E-state index in [-0.39, 0.29) is 5.91 Å². The Kier molecular flexibility index (Phi) is 3.74. The summed E-state index contributed by atoms with van der Waals surface area (Å²) in [5.74, 6) is -0.0262. The molecule has 118 valence electrons. The Labute approximate surface area is 129 Å². The summed E-state index contributed by atoms with van der Waals surface area (Å²) >= 11 is 0. The molecule has 1 saturated heterocycles. The Morgan fingerprint density at radius 3 is 2.91 bits per heavy atom. The number of aromatic nitrogens is 4. The number of hydrogen-bond donors (Lipinski definition) is 1. The summed E-state index contributed by atoms with van der Waals surface area (Å²) in [6, 6.07) is 1.93. The maximum atomic E-state index is 12.8. The number of β-amino-alcohol motifs (C(OH)–C–C–N with tert-alkyl or cyclic N) is 1. The highest BCUT2D eigenvalue weighted by molar-refractivity contribution is 5.94. The molecule has 1 atom stereocenters. The van der Waals surface area contributed by atoms with Crippen molar-refractivity contribution in [2.45, 2.75) is 31.9 Å². The van der Waals surface area contributed by atoms with Gasteiger partial charge in [0.25, 0.3) is 5.91 Å². The lowest BCUT2D eigenvalue weighted by molar-refractivity contribution is -0.0389. The fourth-order valence-electron chi connectivity index (χ4n) is 3.16. The van der Waals surface area contributed by atoms with Crippen LogP contribution in [0.1, 0.15) is 28.9 Å². The van der Waals surface area contributed by atoms with Crippen LogP contribution in [0.3, 0.4) is 0 Å². The molecular formula is C15H21N5O2. The van der Waals surface area contributed by atoms with Gasteiger partial charge in [0.1, 0.15) is 11.3 Å². The molecule has 1 aliphatic rings. The maximum absolute atomic E-state index is 12.8. The number of likely N-dealkylation sites (tertiary alicyclic amines) is 1. The summed E-state index contributed by atoms with van der Waals surface area (Å²) in [6.45, 7) is 3.26. The number of amides is 1. The number of carbonyl (C=O) groups is 1. The molecule has 1 aliphatic heterocycles. The molecule has 7 nitrogen and oxygen atoms in total. The van der Waals surface area contributed by atoms with E-state index >= 15 is 0 Å². The van der Waals surface area contributed by atoms with Gasteiger partial charge in [-0.25, -0.2) is 4.68 Å². The molecule has 2 aromatic rings. The van der Waals surface area contributed by atoms with Crippen molar-refractivity contribution in [3.8, 4) is 0 Å². The zero-order chi connectivity index (χ0) is 15.7. The molecule has 0 aromatic carbocycles. The molecule has 1 amide bonds. The van der Waals surface area contributed by atoms with Crippen LogP contribution in [0.25, 0.3) is 0 Å². The summed E-state index contributed by atoms with van der Waals surface area (Å²) in [5, 5.41) is 18.5. The zero-order valence-corrected chi connectivity index (χ0v) is 12.9. The number of aliphatic hydroxyl groups is 1. The summed E-state index contributed by atoms with van der Waals surface area (Å²) in [6.07, 6.45) is 6.62. The van der Waals surface area contributed by atoms with Gasteiger partial charge in [-0.2, -0.15) is 0 Å². The first-order chi connectivity index (χ1) is 10.5. The molecule has 0 saturated carbocycles. The highest BCUT2D eigenvalue weighted by Crippen LogP contribution is 2.25. The Bertz CT molecular complexity index is 644. The van der Waals surface area contributed by atoms with E-state index in [4.69, 9.17) is 0 Å². The monoisotopic (exact) mass is 303 g/mol. The van der Waals surface area contributed by atoms with E-state index in [0.717, 1.165) is 12.0 Å². The van der Waals surface area contributed by atoms with Crippen LogP contribution in [0.5, 0.6) is 0 Å². The molecule has 1 N–H and O–H groups in total. The predicted molar refractivity (Wildman–Crippen MR) is 80.3 cm³/mol. The topological polar surface area (TPSA) is 76.2 Å². The van der Waals surface area contributed by atoms with Crippen molar-refractivity contribution in [1.82, 2.24) is 24.5 Å². The minimum Gasteiger partial charge on any atom is -0.386 e. The first-order valence-electron chi connectivity index (χ1n) is 7.46. The molecule has 3 heterocycles.